The van der Waals surface area contributed by atoms with E-state index in [2.05, 4.69) is 0 Å². The lowest BCUT2D eigenvalue weighted by molar-refractivity contribution is 0.0127. The third-order valence-electron chi connectivity index (χ3n) is 7.42. The van der Waals surface area contributed by atoms with E-state index in [4.69, 9.17) is 18.9 Å². The number of phenolic OH excluding ortho intramolecular Hbond substituents is 3. The van der Waals surface area contributed by atoms with Crippen LogP contribution in [-0.4, -0.2) is 76.1 Å². The average molecular weight is 647 g/mol. The fourth-order valence-corrected chi connectivity index (χ4v) is 4.39. The zero-order valence-electron chi connectivity index (χ0n) is 26.3. The topological polar surface area (TPSA) is 172 Å². The summed E-state index contributed by atoms with van der Waals surface area (Å²) in [4.78, 5) is 24.5. The molecule has 0 saturated heterocycles. The highest BCUT2D eigenvalue weighted by atomic mass is 16.6. The molecule has 2 atom stereocenters. The highest BCUT2D eigenvalue weighted by molar-refractivity contribution is 5.91. The summed E-state index contributed by atoms with van der Waals surface area (Å²) in [6, 6.07) is 20.0. The molecule has 0 bridgehead atoms. The number of phenols is 3. The molecular formula is C36H38O11. The Morgan fingerprint density at radius 2 is 0.957 bits per heavy atom. The second-order valence-corrected chi connectivity index (χ2v) is 11.2. The zero-order chi connectivity index (χ0) is 34.1. The van der Waals surface area contributed by atoms with Crippen LogP contribution in [0.25, 0.3) is 0 Å². The van der Waals surface area contributed by atoms with Crippen LogP contribution in [0.15, 0.2) is 72.8 Å². The Balaban J connectivity index is 1.16. The van der Waals surface area contributed by atoms with Gasteiger partial charge in [0.25, 0.3) is 0 Å². The molecule has 248 valence electrons. The Hall–Kier alpha value is -5.26. The monoisotopic (exact) mass is 646 g/mol. The summed E-state index contributed by atoms with van der Waals surface area (Å²) in [6.07, 6.45) is -1.50. The van der Waals surface area contributed by atoms with Crippen molar-refractivity contribution in [3.8, 4) is 28.7 Å². The molecule has 0 saturated carbocycles. The lowest BCUT2D eigenvalue weighted by Gasteiger charge is -2.14. The number of carbonyl (C=O) groups is 2. The average Bonchev–Trinajstić information content (AvgIpc) is 3.06. The first-order valence-corrected chi connectivity index (χ1v) is 14.9. The Labute approximate surface area is 272 Å². The van der Waals surface area contributed by atoms with E-state index in [1.165, 1.54) is 25.1 Å². The highest BCUT2D eigenvalue weighted by Gasteiger charge is 2.16. The molecule has 47 heavy (non-hydrogen) atoms. The minimum Gasteiger partial charge on any atom is -0.508 e. The highest BCUT2D eigenvalue weighted by Crippen LogP contribution is 2.28. The molecule has 4 aromatic carbocycles. The molecule has 0 aliphatic carbocycles. The van der Waals surface area contributed by atoms with E-state index in [0.29, 0.717) is 23.5 Å². The van der Waals surface area contributed by atoms with Crippen LogP contribution in [0.4, 0.5) is 0 Å². The van der Waals surface area contributed by atoms with Crippen LogP contribution in [0.5, 0.6) is 28.7 Å². The quantitative estimate of drug-likeness (QED) is 0.122. The molecule has 0 heterocycles. The van der Waals surface area contributed by atoms with Crippen molar-refractivity contribution in [1.82, 2.24) is 0 Å². The van der Waals surface area contributed by atoms with Gasteiger partial charge in [0, 0.05) is 5.56 Å². The summed E-state index contributed by atoms with van der Waals surface area (Å²) in [6.45, 7) is 4.24. The largest absolute Gasteiger partial charge is 0.508 e. The van der Waals surface area contributed by atoms with Gasteiger partial charge in [0.05, 0.1) is 11.1 Å². The van der Waals surface area contributed by atoms with Crippen LogP contribution < -0.4 is 9.47 Å². The summed E-state index contributed by atoms with van der Waals surface area (Å²) in [7, 11) is 0. The number of hydrogen-bond acceptors (Lipinski definition) is 11. The maximum Gasteiger partial charge on any atom is 0.338 e. The van der Waals surface area contributed by atoms with Gasteiger partial charge in [0.15, 0.2) is 0 Å². The fraction of sp³-hybridized carbons (Fsp3) is 0.278. The van der Waals surface area contributed by atoms with Gasteiger partial charge in [0.1, 0.15) is 67.4 Å². The van der Waals surface area contributed by atoms with E-state index in [0.717, 1.165) is 16.7 Å². The SMILES string of the molecule is Cc1cc(C(=O)OCC(O)COc2ccc(Cc3ccc(OCC(O)COC(=O)c4cc(O)c(C)c(O)c4)cc3)cc2)cc(O)c1C. The molecule has 0 spiro atoms. The molecule has 0 aromatic heterocycles. The molecule has 0 aliphatic rings. The number of hydrogen-bond donors (Lipinski definition) is 5. The maximum absolute atomic E-state index is 12.3. The third-order valence-corrected chi connectivity index (χ3v) is 7.42. The smallest absolute Gasteiger partial charge is 0.338 e. The van der Waals surface area contributed by atoms with E-state index >= 15 is 0 Å². The molecule has 0 fully saturated rings. The maximum atomic E-state index is 12.3. The van der Waals surface area contributed by atoms with Gasteiger partial charge >= 0.3 is 11.9 Å². The Morgan fingerprint density at radius 1 is 0.574 bits per heavy atom. The number of esters is 2. The van der Waals surface area contributed by atoms with Gasteiger partial charge in [0.2, 0.25) is 0 Å². The second-order valence-electron chi connectivity index (χ2n) is 11.2. The van der Waals surface area contributed by atoms with Crippen molar-refractivity contribution in [1.29, 1.82) is 0 Å². The summed E-state index contributed by atoms with van der Waals surface area (Å²) in [5, 5.41) is 49.8. The van der Waals surface area contributed by atoms with Crippen molar-refractivity contribution < 1.29 is 54.1 Å². The summed E-state index contributed by atoms with van der Waals surface area (Å²) < 4.78 is 21.4. The van der Waals surface area contributed by atoms with Gasteiger partial charge < -0.3 is 44.5 Å². The lowest BCUT2D eigenvalue weighted by Crippen LogP contribution is -2.25. The van der Waals surface area contributed by atoms with Crippen LogP contribution in [-0.2, 0) is 15.9 Å². The van der Waals surface area contributed by atoms with E-state index in [1.807, 2.05) is 24.3 Å². The molecule has 0 amide bonds. The van der Waals surface area contributed by atoms with Gasteiger partial charge in [-0.2, -0.15) is 0 Å². The summed E-state index contributed by atoms with van der Waals surface area (Å²) in [5.41, 5.74) is 3.88. The predicted molar refractivity (Wildman–Crippen MR) is 171 cm³/mol. The molecule has 11 heteroatoms. The molecule has 4 rings (SSSR count). The first kappa shape index (κ1) is 34.6. The predicted octanol–water partition coefficient (Wildman–Crippen LogP) is 4.51. The fourth-order valence-electron chi connectivity index (χ4n) is 4.39. The van der Waals surface area contributed by atoms with Crippen molar-refractivity contribution >= 4 is 11.9 Å². The van der Waals surface area contributed by atoms with Crippen LogP contribution >= 0.6 is 0 Å². The van der Waals surface area contributed by atoms with E-state index in [9.17, 15) is 35.1 Å². The minimum atomic E-state index is -1.10. The van der Waals surface area contributed by atoms with Gasteiger partial charge in [-0.3, -0.25) is 0 Å². The molecule has 4 aromatic rings. The van der Waals surface area contributed by atoms with E-state index < -0.39 is 24.1 Å². The second kappa shape index (κ2) is 15.8. The summed E-state index contributed by atoms with van der Waals surface area (Å²) in [5.74, 6) is -0.850. The minimum absolute atomic E-state index is 0.00717. The van der Waals surface area contributed by atoms with Crippen molar-refractivity contribution in [2.24, 2.45) is 0 Å². The molecule has 5 N–H and O–H groups in total. The zero-order valence-corrected chi connectivity index (χ0v) is 26.3. The molecular weight excluding hydrogens is 608 g/mol. The Bertz CT molecular complexity index is 1510. The normalized spacial score (nSPS) is 12.2. The van der Waals surface area contributed by atoms with Gasteiger partial charge in [-0.05, 0) is 98.0 Å². The third kappa shape index (κ3) is 9.86. The van der Waals surface area contributed by atoms with Crippen molar-refractivity contribution in [2.45, 2.75) is 39.4 Å². The number of benzene rings is 4. The van der Waals surface area contributed by atoms with Crippen LogP contribution in [0, 0.1) is 20.8 Å². The van der Waals surface area contributed by atoms with Crippen molar-refractivity contribution in [3.63, 3.8) is 0 Å². The molecule has 0 aliphatic heterocycles. The van der Waals surface area contributed by atoms with E-state index in [-0.39, 0.29) is 60.4 Å². The van der Waals surface area contributed by atoms with E-state index in [1.54, 1.807) is 44.2 Å². The van der Waals surface area contributed by atoms with Crippen molar-refractivity contribution in [2.75, 3.05) is 26.4 Å². The summed E-state index contributed by atoms with van der Waals surface area (Å²) >= 11 is 0. The Morgan fingerprint density at radius 3 is 1.36 bits per heavy atom. The van der Waals surface area contributed by atoms with Crippen LogP contribution in [0.3, 0.4) is 0 Å². The number of carbonyl (C=O) groups excluding carboxylic acids is 2. The molecule has 11 nitrogen and oxygen atoms in total. The van der Waals surface area contributed by atoms with Crippen LogP contribution in [0.1, 0.15) is 48.5 Å². The number of rotatable bonds is 14. The van der Waals surface area contributed by atoms with Gasteiger partial charge in [-0.1, -0.05) is 24.3 Å². The first-order chi connectivity index (χ1) is 22.4. The van der Waals surface area contributed by atoms with Gasteiger partial charge in [-0.25, -0.2) is 9.59 Å². The van der Waals surface area contributed by atoms with Crippen molar-refractivity contribution in [3.05, 3.63) is 112 Å². The standard InChI is InChI=1S/C36H38O11/c1-21-12-26(14-32(39)22(21)2)35(42)46-19-28(37)17-44-30-8-4-24(5-9-30)13-25-6-10-31(11-7-25)45-18-29(38)20-47-36(43)27-15-33(40)23(3)34(41)16-27/h4-12,14-16,28-29,37-41H,13,17-20H2,1-3H3. The van der Waals surface area contributed by atoms with Gasteiger partial charge in [-0.15, -0.1) is 0 Å². The number of aryl methyl sites for hydroxylation is 1. The molecule has 2 unspecified atom stereocenters. The molecule has 0 radical (unpaired) electrons. The number of aliphatic hydroxyl groups excluding tert-OH is 2. The Kier molecular flexibility index (Phi) is 11.7. The first-order valence-electron chi connectivity index (χ1n) is 14.9. The lowest BCUT2D eigenvalue weighted by atomic mass is 10.0. The number of ether oxygens (including phenoxy) is 4. The number of aliphatic hydroxyl groups is 2. The van der Waals surface area contributed by atoms with Crippen LogP contribution in [0.2, 0.25) is 0 Å². The number of aromatic hydroxyl groups is 3.